The highest BCUT2D eigenvalue weighted by Gasteiger charge is 2.19. The highest BCUT2D eigenvalue weighted by atomic mass is 32.1. The van der Waals surface area contributed by atoms with Crippen molar-refractivity contribution < 1.29 is 0 Å². The summed E-state index contributed by atoms with van der Waals surface area (Å²) in [7, 11) is 0. The van der Waals surface area contributed by atoms with Crippen LogP contribution in [0.15, 0.2) is 53.6 Å². The Kier molecular flexibility index (Phi) is 4.78. The Morgan fingerprint density at radius 1 is 1.15 bits per heavy atom. The zero-order valence-electron chi connectivity index (χ0n) is 14.3. The van der Waals surface area contributed by atoms with Crippen LogP contribution in [0.5, 0.6) is 0 Å². The molecule has 4 heterocycles. The molecule has 3 aromatic rings. The van der Waals surface area contributed by atoms with E-state index in [-0.39, 0.29) is 0 Å². The molecule has 1 fully saturated rings. The molecule has 3 aromatic heterocycles. The first kappa shape index (κ1) is 16.5. The maximum atomic E-state index is 6.18. The molecule has 8 nitrogen and oxygen atoms in total. The number of aromatic nitrogens is 4. The number of pyridine rings is 1. The van der Waals surface area contributed by atoms with Gasteiger partial charge in [0.1, 0.15) is 12.1 Å². The SMILES string of the molecule is NC(=NCc1ccc(-n2ccnc2)nc1)N1CCN(c2nccs2)CC1. The molecule has 0 atom stereocenters. The van der Waals surface area contributed by atoms with Crippen molar-refractivity contribution in [2.75, 3.05) is 31.1 Å². The summed E-state index contributed by atoms with van der Waals surface area (Å²) in [6.45, 7) is 4.05. The lowest BCUT2D eigenvalue weighted by atomic mass is 10.3. The summed E-state index contributed by atoms with van der Waals surface area (Å²) >= 11 is 1.67. The van der Waals surface area contributed by atoms with Gasteiger partial charge in [-0.25, -0.2) is 19.9 Å². The minimum Gasteiger partial charge on any atom is -0.370 e. The number of hydrogen-bond donors (Lipinski definition) is 1. The largest absolute Gasteiger partial charge is 0.370 e. The fourth-order valence-corrected chi connectivity index (χ4v) is 3.53. The van der Waals surface area contributed by atoms with E-state index in [1.807, 2.05) is 40.7 Å². The van der Waals surface area contributed by atoms with Gasteiger partial charge in [-0.3, -0.25) is 4.57 Å². The molecule has 1 saturated heterocycles. The zero-order chi connectivity index (χ0) is 17.8. The van der Waals surface area contributed by atoms with E-state index in [2.05, 4.69) is 29.7 Å². The van der Waals surface area contributed by atoms with E-state index >= 15 is 0 Å². The number of aliphatic imine (C=N–C) groups is 1. The average molecular weight is 368 g/mol. The molecule has 1 aliphatic heterocycles. The molecular formula is C17H20N8S. The van der Waals surface area contributed by atoms with Gasteiger partial charge in [0, 0.05) is 56.3 Å². The highest BCUT2D eigenvalue weighted by Crippen LogP contribution is 2.18. The summed E-state index contributed by atoms with van der Waals surface area (Å²) < 4.78 is 1.86. The maximum Gasteiger partial charge on any atom is 0.191 e. The van der Waals surface area contributed by atoms with Crippen molar-refractivity contribution in [2.24, 2.45) is 10.7 Å². The third-order valence-corrected chi connectivity index (χ3v) is 5.13. The van der Waals surface area contributed by atoms with E-state index in [0.717, 1.165) is 42.7 Å². The molecule has 26 heavy (non-hydrogen) atoms. The van der Waals surface area contributed by atoms with Crippen molar-refractivity contribution in [1.29, 1.82) is 0 Å². The van der Waals surface area contributed by atoms with Gasteiger partial charge in [0.05, 0.1) is 6.54 Å². The topological polar surface area (TPSA) is 88.5 Å². The van der Waals surface area contributed by atoms with Crippen molar-refractivity contribution in [3.8, 4) is 5.82 Å². The first-order chi connectivity index (χ1) is 12.8. The van der Waals surface area contributed by atoms with Gasteiger partial charge >= 0.3 is 0 Å². The normalized spacial score (nSPS) is 15.5. The fraction of sp³-hybridized carbons (Fsp3) is 0.294. The molecule has 0 saturated carbocycles. The second-order valence-electron chi connectivity index (χ2n) is 5.96. The summed E-state index contributed by atoms with van der Waals surface area (Å²) in [6, 6.07) is 3.97. The second-order valence-corrected chi connectivity index (χ2v) is 6.83. The van der Waals surface area contributed by atoms with Crippen molar-refractivity contribution in [3.05, 3.63) is 54.2 Å². The fourth-order valence-electron chi connectivity index (χ4n) is 2.83. The van der Waals surface area contributed by atoms with Crippen molar-refractivity contribution in [2.45, 2.75) is 6.54 Å². The van der Waals surface area contributed by atoms with Crippen LogP contribution in [0.25, 0.3) is 5.82 Å². The number of guanidine groups is 1. The molecule has 134 valence electrons. The molecule has 0 spiro atoms. The third-order valence-electron chi connectivity index (χ3n) is 4.30. The lowest BCUT2D eigenvalue weighted by Crippen LogP contribution is -2.51. The molecular weight excluding hydrogens is 348 g/mol. The average Bonchev–Trinajstić information content (AvgIpc) is 3.40. The minimum absolute atomic E-state index is 0.524. The molecule has 0 aliphatic carbocycles. The zero-order valence-corrected chi connectivity index (χ0v) is 15.1. The van der Waals surface area contributed by atoms with Crippen LogP contribution in [0.2, 0.25) is 0 Å². The van der Waals surface area contributed by atoms with Crippen LogP contribution in [0.3, 0.4) is 0 Å². The quantitative estimate of drug-likeness (QED) is 0.553. The van der Waals surface area contributed by atoms with E-state index in [9.17, 15) is 0 Å². The highest BCUT2D eigenvalue weighted by molar-refractivity contribution is 7.13. The van der Waals surface area contributed by atoms with E-state index in [1.54, 1.807) is 23.9 Å². The first-order valence-electron chi connectivity index (χ1n) is 8.42. The van der Waals surface area contributed by atoms with Crippen LogP contribution in [0, 0.1) is 0 Å². The lowest BCUT2D eigenvalue weighted by Gasteiger charge is -2.35. The molecule has 2 N–H and O–H groups in total. The number of hydrogen-bond acceptors (Lipinski definition) is 6. The van der Waals surface area contributed by atoms with E-state index in [4.69, 9.17) is 5.73 Å². The number of nitrogens with two attached hydrogens (primary N) is 1. The number of thiazole rings is 1. The van der Waals surface area contributed by atoms with E-state index in [0.29, 0.717) is 12.5 Å². The number of nitrogens with zero attached hydrogens (tertiary/aromatic N) is 7. The van der Waals surface area contributed by atoms with Crippen LogP contribution in [0.1, 0.15) is 5.56 Å². The predicted molar refractivity (Wildman–Crippen MR) is 103 cm³/mol. The van der Waals surface area contributed by atoms with Gasteiger partial charge in [-0.1, -0.05) is 6.07 Å². The van der Waals surface area contributed by atoms with Gasteiger partial charge in [-0.05, 0) is 11.6 Å². The number of anilines is 1. The summed E-state index contributed by atoms with van der Waals surface area (Å²) in [5.41, 5.74) is 7.21. The summed E-state index contributed by atoms with van der Waals surface area (Å²) in [5.74, 6) is 1.42. The second kappa shape index (κ2) is 7.52. The summed E-state index contributed by atoms with van der Waals surface area (Å²) in [6.07, 6.45) is 8.99. The maximum absolute atomic E-state index is 6.18. The molecule has 0 bridgehead atoms. The van der Waals surface area contributed by atoms with Crippen LogP contribution < -0.4 is 10.6 Å². The van der Waals surface area contributed by atoms with E-state index in [1.165, 1.54) is 0 Å². The molecule has 0 unspecified atom stereocenters. The Labute approximate surface area is 155 Å². The smallest absolute Gasteiger partial charge is 0.191 e. The van der Waals surface area contributed by atoms with Crippen molar-refractivity contribution in [3.63, 3.8) is 0 Å². The Bertz CT molecular complexity index is 834. The molecule has 0 amide bonds. The van der Waals surface area contributed by atoms with Crippen LogP contribution in [-0.2, 0) is 6.54 Å². The predicted octanol–water partition coefficient (Wildman–Crippen LogP) is 1.36. The minimum atomic E-state index is 0.524. The molecule has 1 aliphatic rings. The molecule has 0 radical (unpaired) electrons. The van der Waals surface area contributed by atoms with Gasteiger partial charge in [0.25, 0.3) is 0 Å². The number of imidazole rings is 1. The Morgan fingerprint density at radius 2 is 2.04 bits per heavy atom. The summed E-state index contributed by atoms with van der Waals surface area (Å²) in [5, 5.41) is 3.08. The molecule has 0 aromatic carbocycles. The molecule has 4 rings (SSSR count). The van der Waals surface area contributed by atoms with Crippen molar-refractivity contribution in [1.82, 2.24) is 24.4 Å². The number of piperazine rings is 1. The Hall–Kier alpha value is -2.94. The first-order valence-corrected chi connectivity index (χ1v) is 9.30. The molecule has 9 heteroatoms. The third kappa shape index (κ3) is 3.67. The van der Waals surface area contributed by atoms with Crippen LogP contribution >= 0.6 is 11.3 Å². The number of rotatable bonds is 4. The lowest BCUT2D eigenvalue weighted by molar-refractivity contribution is 0.380. The van der Waals surface area contributed by atoms with Gasteiger partial charge in [-0.15, -0.1) is 11.3 Å². The van der Waals surface area contributed by atoms with Gasteiger partial charge in [0.2, 0.25) is 0 Å². The standard InChI is InChI=1S/C17H20N8S/c18-16(23-6-8-24(9-7-23)17-20-4-10-26-17)22-12-14-1-2-15(21-11-14)25-5-3-19-13-25/h1-5,10-11,13H,6-9,12H2,(H2,18,22). The monoisotopic (exact) mass is 368 g/mol. The van der Waals surface area contributed by atoms with Crippen molar-refractivity contribution >= 4 is 22.4 Å². The summed E-state index contributed by atoms with van der Waals surface area (Å²) in [4.78, 5) is 21.8. The van der Waals surface area contributed by atoms with Crippen LogP contribution in [-0.4, -0.2) is 56.6 Å². The van der Waals surface area contributed by atoms with Gasteiger partial charge in [-0.2, -0.15) is 0 Å². The van der Waals surface area contributed by atoms with Gasteiger partial charge < -0.3 is 15.5 Å². The van der Waals surface area contributed by atoms with E-state index < -0.39 is 0 Å². The Balaban J connectivity index is 1.32. The van der Waals surface area contributed by atoms with Gasteiger partial charge in [0.15, 0.2) is 11.1 Å². The van der Waals surface area contributed by atoms with Crippen LogP contribution in [0.4, 0.5) is 5.13 Å². The Morgan fingerprint density at radius 3 is 2.69 bits per heavy atom.